The predicted molar refractivity (Wildman–Crippen MR) is 105 cm³/mol. The van der Waals surface area contributed by atoms with Crippen LogP contribution in [-0.2, 0) is 14.3 Å². The van der Waals surface area contributed by atoms with Crippen molar-refractivity contribution in [2.45, 2.75) is 84.7 Å². The lowest BCUT2D eigenvalue weighted by Gasteiger charge is -2.60. The predicted octanol–water partition coefficient (Wildman–Crippen LogP) is 4.10. The molecule has 0 aromatic heterocycles. The Morgan fingerprint density at radius 3 is 2.67 bits per heavy atom. The molecule has 4 rings (SSSR count). The lowest BCUT2D eigenvalue weighted by molar-refractivity contribution is -0.165. The first kappa shape index (κ1) is 19.4. The SMILES string of the molecule is CC(CN)C(=O)OC1CCC2(C)C(CCC3C4CCC(=O)C4(C)CCC32)C1. The van der Waals surface area contributed by atoms with E-state index < -0.39 is 0 Å². The van der Waals surface area contributed by atoms with E-state index in [1.165, 1.54) is 19.3 Å². The third kappa shape index (κ3) is 2.97. The highest BCUT2D eigenvalue weighted by Gasteiger charge is 2.60. The number of nitrogens with two attached hydrogens (primary N) is 1. The van der Waals surface area contributed by atoms with Gasteiger partial charge in [0.25, 0.3) is 0 Å². The molecule has 2 N–H and O–H groups in total. The minimum Gasteiger partial charge on any atom is -0.462 e. The molecule has 4 fully saturated rings. The van der Waals surface area contributed by atoms with Crippen LogP contribution < -0.4 is 5.73 Å². The van der Waals surface area contributed by atoms with E-state index in [4.69, 9.17) is 10.5 Å². The molecule has 0 saturated heterocycles. The maximum atomic E-state index is 12.5. The summed E-state index contributed by atoms with van der Waals surface area (Å²) in [4.78, 5) is 24.7. The molecule has 0 aromatic carbocycles. The maximum Gasteiger partial charge on any atom is 0.310 e. The Labute approximate surface area is 164 Å². The molecule has 152 valence electrons. The van der Waals surface area contributed by atoms with Crippen molar-refractivity contribution < 1.29 is 14.3 Å². The molecule has 4 heteroatoms. The number of carbonyl (C=O) groups is 2. The summed E-state index contributed by atoms with van der Waals surface area (Å²) >= 11 is 0. The lowest BCUT2D eigenvalue weighted by atomic mass is 9.45. The summed E-state index contributed by atoms with van der Waals surface area (Å²) in [5.41, 5.74) is 5.94. The Morgan fingerprint density at radius 1 is 1.15 bits per heavy atom. The number of hydrogen-bond donors (Lipinski definition) is 1. The highest BCUT2D eigenvalue weighted by Crippen LogP contribution is 2.65. The van der Waals surface area contributed by atoms with Crippen molar-refractivity contribution in [2.24, 2.45) is 46.2 Å². The Bertz CT molecular complexity index is 619. The topological polar surface area (TPSA) is 69.4 Å². The number of ketones is 1. The third-order valence-electron chi connectivity index (χ3n) is 9.37. The molecule has 0 radical (unpaired) electrons. The summed E-state index contributed by atoms with van der Waals surface area (Å²) in [6.07, 6.45) is 9.96. The van der Waals surface area contributed by atoms with E-state index in [0.717, 1.165) is 50.4 Å². The van der Waals surface area contributed by atoms with Gasteiger partial charge in [0.2, 0.25) is 0 Å². The average molecular weight is 376 g/mol. The minimum absolute atomic E-state index is 0.0323. The summed E-state index contributed by atoms with van der Waals surface area (Å²) in [5.74, 6) is 2.95. The summed E-state index contributed by atoms with van der Waals surface area (Å²) in [6, 6.07) is 0. The van der Waals surface area contributed by atoms with Gasteiger partial charge in [0.15, 0.2) is 0 Å². The monoisotopic (exact) mass is 375 g/mol. The van der Waals surface area contributed by atoms with Crippen LogP contribution in [-0.4, -0.2) is 24.4 Å². The van der Waals surface area contributed by atoms with Crippen molar-refractivity contribution in [2.75, 3.05) is 6.54 Å². The number of fused-ring (bicyclic) bond motifs is 5. The minimum atomic E-state index is -0.204. The number of Topliss-reactive ketones (excluding diaryl/α,β-unsaturated/α-hetero) is 1. The molecule has 0 aliphatic heterocycles. The molecule has 4 saturated carbocycles. The van der Waals surface area contributed by atoms with E-state index in [0.29, 0.717) is 29.6 Å². The zero-order chi connectivity index (χ0) is 19.4. The van der Waals surface area contributed by atoms with Gasteiger partial charge in [-0.25, -0.2) is 0 Å². The quantitative estimate of drug-likeness (QED) is 0.754. The van der Waals surface area contributed by atoms with Gasteiger partial charge in [-0.15, -0.1) is 0 Å². The molecule has 4 aliphatic rings. The van der Waals surface area contributed by atoms with Crippen LogP contribution in [0, 0.1) is 40.4 Å². The molecule has 0 aromatic rings. The van der Waals surface area contributed by atoms with Gasteiger partial charge in [-0.1, -0.05) is 20.8 Å². The molecule has 8 atom stereocenters. The summed E-state index contributed by atoms with van der Waals surface area (Å²) in [6.45, 7) is 6.97. The van der Waals surface area contributed by atoms with E-state index in [2.05, 4.69) is 13.8 Å². The smallest absolute Gasteiger partial charge is 0.310 e. The number of carbonyl (C=O) groups excluding carboxylic acids is 2. The number of hydrogen-bond acceptors (Lipinski definition) is 4. The second-order valence-corrected chi connectivity index (χ2v) is 10.5. The van der Waals surface area contributed by atoms with Crippen LogP contribution in [0.4, 0.5) is 0 Å². The molecular formula is C23H37NO3. The second kappa shape index (κ2) is 6.86. The Hall–Kier alpha value is -0.900. The van der Waals surface area contributed by atoms with E-state index >= 15 is 0 Å². The Kier molecular flexibility index (Phi) is 4.93. The molecule has 8 unspecified atom stereocenters. The molecule has 4 aliphatic carbocycles. The molecule has 4 nitrogen and oxygen atoms in total. The highest BCUT2D eigenvalue weighted by molar-refractivity contribution is 5.87. The molecular weight excluding hydrogens is 338 g/mol. The molecule has 0 amide bonds. The lowest BCUT2D eigenvalue weighted by Crippen LogP contribution is -2.54. The number of esters is 1. The van der Waals surface area contributed by atoms with Gasteiger partial charge in [-0.3, -0.25) is 9.59 Å². The average Bonchev–Trinajstić information content (AvgIpc) is 2.96. The van der Waals surface area contributed by atoms with Crippen molar-refractivity contribution in [1.29, 1.82) is 0 Å². The highest BCUT2D eigenvalue weighted by atomic mass is 16.5. The molecule has 0 spiro atoms. The van der Waals surface area contributed by atoms with E-state index in [-0.39, 0.29) is 23.4 Å². The van der Waals surface area contributed by atoms with Crippen LogP contribution in [0.1, 0.15) is 78.6 Å². The first-order valence-electron chi connectivity index (χ1n) is 11.2. The van der Waals surface area contributed by atoms with Gasteiger partial charge >= 0.3 is 5.97 Å². The van der Waals surface area contributed by atoms with Crippen LogP contribution in [0.25, 0.3) is 0 Å². The second-order valence-electron chi connectivity index (χ2n) is 10.5. The van der Waals surface area contributed by atoms with Gasteiger partial charge in [-0.2, -0.15) is 0 Å². The van der Waals surface area contributed by atoms with Crippen molar-refractivity contribution >= 4 is 11.8 Å². The molecule has 0 bridgehead atoms. The zero-order valence-corrected chi connectivity index (χ0v) is 17.3. The summed E-state index contributed by atoms with van der Waals surface area (Å²) < 4.78 is 5.81. The van der Waals surface area contributed by atoms with Gasteiger partial charge in [0.1, 0.15) is 11.9 Å². The van der Waals surface area contributed by atoms with Crippen LogP contribution >= 0.6 is 0 Å². The van der Waals surface area contributed by atoms with Crippen LogP contribution in [0.2, 0.25) is 0 Å². The summed E-state index contributed by atoms with van der Waals surface area (Å²) in [7, 11) is 0. The van der Waals surface area contributed by atoms with Gasteiger partial charge in [0, 0.05) is 18.4 Å². The molecule has 27 heavy (non-hydrogen) atoms. The fourth-order valence-corrected chi connectivity index (χ4v) is 7.47. The van der Waals surface area contributed by atoms with Gasteiger partial charge < -0.3 is 10.5 Å². The van der Waals surface area contributed by atoms with Crippen molar-refractivity contribution in [3.63, 3.8) is 0 Å². The fourth-order valence-electron chi connectivity index (χ4n) is 7.47. The van der Waals surface area contributed by atoms with Crippen LogP contribution in [0.15, 0.2) is 0 Å². The first-order chi connectivity index (χ1) is 12.8. The van der Waals surface area contributed by atoms with E-state index in [1.54, 1.807) is 0 Å². The van der Waals surface area contributed by atoms with Crippen LogP contribution in [0.5, 0.6) is 0 Å². The Morgan fingerprint density at radius 2 is 1.93 bits per heavy atom. The normalized spacial score (nSPS) is 47.6. The Balaban J connectivity index is 1.46. The number of rotatable bonds is 3. The van der Waals surface area contributed by atoms with Gasteiger partial charge in [-0.05, 0) is 80.5 Å². The van der Waals surface area contributed by atoms with Crippen molar-refractivity contribution in [1.82, 2.24) is 0 Å². The van der Waals surface area contributed by atoms with Gasteiger partial charge in [0.05, 0.1) is 5.92 Å². The van der Waals surface area contributed by atoms with Crippen molar-refractivity contribution in [3.05, 3.63) is 0 Å². The summed E-state index contributed by atoms with van der Waals surface area (Å²) in [5, 5.41) is 0. The third-order valence-corrected chi connectivity index (χ3v) is 9.37. The van der Waals surface area contributed by atoms with E-state index in [1.807, 2.05) is 6.92 Å². The zero-order valence-electron chi connectivity index (χ0n) is 17.3. The maximum absolute atomic E-state index is 12.5. The van der Waals surface area contributed by atoms with Crippen molar-refractivity contribution in [3.8, 4) is 0 Å². The fraction of sp³-hybridized carbons (Fsp3) is 0.913. The largest absolute Gasteiger partial charge is 0.462 e. The molecule has 0 heterocycles. The number of ether oxygens (including phenoxy) is 1. The standard InChI is InChI=1S/C23H37NO3/c1-14(13-24)21(26)27-16-8-10-22(2)15(12-16)4-5-17-18-6-7-20(25)23(18,3)11-9-19(17)22/h14-19H,4-13,24H2,1-3H3. The van der Waals surface area contributed by atoms with Crippen LogP contribution in [0.3, 0.4) is 0 Å². The van der Waals surface area contributed by atoms with E-state index in [9.17, 15) is 9.59 Å². The first-order valence-corrected chi connectivity index (χ1v) is 11.2.